The van der Waals surface area contributed by atoms with Gasteiger partial charge in [0.25, 0.3) is 0 Å². The van der Waals surface area contributed by atoms with Gasteiger partial charge in [-0.15, -0.1) is 0 Å². The third-order valence-corrected chi connectivity index (χ3v) is 3.36. The number of ether oxygens (including phenoxy) is 1. The van der Waals surface area contributed by atoms with Crippen LogP contribution in [0.1, 0.15) is 24.0 Å². The molecular formula is C17H18FNO. The van der Waals surface area contributed by atoms with E-state index in [1.165, 1.54) is 24.5 Å². The Morgan fingerprint density at radius 1 is 1.10 bits per heavy atom. The predicted molar refractivity (Wildman–Crippen MR) is 77.5 cm³/mol. The van der Waals surface area contributed by atoms with Gasteiger partial charge in [0.1, 0.15) is 17.3 Å². The summed E-state index contributed by atoms with van der Waals surface area (Å²) in [4.78, 5) is 0. The van der Waals surface area contributed by atoms with E-state index in [0.717, 1.165) is 11.3 Å². The zero-order chi connectivity index (χ0) is 13.9. The second-order valence-corrected chi connectivity index (χ2v) is 5.37. The van der Waals surface area contributed by atoms with Crippen LogP contribution in [-0.2, 0) is 6.54 Å². The van der Waals surface area contributed by atoms with Gasteiger partial charge in [-0.2, -0.15) is 0 Å². The Kier molecular flexibility index (Phi) is 3.70. The van der Waals surface area contributed by atoms with E-state index in [2.05, 4.69) is 5.32 Å². The van der Waals surface area contributed by atoms with Gasteiger partial charge < -0.3 is 10.1 Å². The van der Waals surface area contributed by atoms with Crippen molar-refractivity contribution < 1.29 is 9.13 Å². The van der Waals surface area contributed by atoms with Gasteiger partial charge in [-0.05, 0) is 49.6 Å². The van der Waals surface area contributed by atoms with Crippen molar-refractivity contribution in [1.82, 2.24) is 5.32 Å². The van der Waals surface area contributed by atoms with Crippen molar-refractivity contribution in [3.63, 3.8) is 0 Å². The van der Waals surface area contributed by atoms with Crippen LogP contribution in [0.25, 0.3) is 0 Å². The molecule has 1 N–H and O–H groups in total. The molecule has 0 amide bonds. The Morgan fingerprint density at radius 3 is 2.55 bits per heavy atom. The molecule has 2 aromatic carbocycles. The summed E-state index contributed by atoms with van der Waals surface area (Å²) in [5.41, 5.74) is 2.09. The molecule has 1 saturated carbocycles. The van der Waals surface area contributed by atoms with Crippen LogP contribution in [0.3, 0.4) is 0 Å². The van der Waals surface area contributed by atoms with E-state index in [0.29, 0.717) is 18.3 Å². The summed E-state index contributed by atoms with van der Waals surface area (Å²) in [6, 6.07) is 13.2. The Hall–Kier alpha value is -1.87. The average molecular weight is 271 g/mol. The molecule has 0 heterocycles. The van der Waals surface area contributed by atoms with Crippen molar-refractivity contribution in [2.24, 2.45) is 0 Å². The summed E-state index contributed by atoms with van der Waals surface area (Å²) >= 11 is 0. The molecule has 1 aliphatic carbocycles. The van der Waals surface area contributed by atoms with E-state index in [1.54, 1.807) is 6.07 Å². The fourth-order valence-electron chi connectivity index (χ4n) is 2.07. The summed E-state index contributed by atoms with van der Waals surface area (Å²) in [5, 5.41) is 3.38. The first kappa shape index (κ1) is 13.1. The number of hydrogen-bond donors (Lipinski definition) is 1. The Bertz CT molecular complexity index is 590. The van der Waals surface area contributed by atoms with Crippen molar-refractivity contribution >= 4 is 0 Å². The molecule has 0 aromatic heterocycles. The third kappa shape index (κ3) is 3.58. The predicted octanol–water partition coefficient (Wildman–Crippen LogP) is 4.18. The molecular weight excluding hydrogens is 253 g/mol. The monoisotopic (exact) mass is 271 g/mol. The molecule has 0 aliphatic heterocycles. The normalized spacial score (nSPS) is 14.3. The van der Waals surface area contributed by atoms with Crippen LogP contribution >= 0.6 is 0 Å². The van der Waals surface area contributed by atoms with Gasteiger partial charge in [0, 0.05) is 18.7 Å². The van der Waals surface area contributed by atoms with Gasteiger partial charge in [0.2, 0.25) is 0 Å². The molecule has 1 fully saturated rings. The van der Waals surface area contributed by atoms with Gasteiger partial charge in [-0.3, -0.25) is 0 Å². The lowest BCUT2D eigenvalue weighted by Crippen LogP contribution is -2.15. The molecule has 2 nitrogen and oxygen atoms in total. The van der Waals surface area contributed by atoms with Gasteiger partial charge in [0.15, 0.2) is 0 Å². The van der Waals surface area contributed by atoms with E-state index in [-0.39, 0.29) is 5.82 Å². The number of nitrogens with one attached hydrogen (secondary N) is 1. The molecule has 0 saturated heterocycles. The van der Waals surface area contributed by atoms with Gasteiger partial charge >= 0.3 is 0 Å². The first-order chi connectivity index (χ1) is 9.69. The summed E-state index contributed by atoms with van der Waals surface area (Å²) < 4.78 is 19.3. The van der Waals surface area contributed by atoms with Gasteiger partial charge in [-0.25, -0.2) is 4.39 Å². The summed E-state index contributed by atoms with van der Waals surface area (Å²) in [6.07, 6.45) is 2.45. The molecule has 0 radical (unpaired) electrons. The molecule has 20 heavy (non-hydrogen) atoms. The minimum atomic E-state index is -0.262. The second-order valence-electron chi connectivity index (χ2n) is 5.37. The van der Waals surface area contributed by atoms with Crippen LogP contribution in [0.5, 0.6) is 11.5 Å². The molecule has 0 atom stereocenters. The zero-order valence-electron chi connectivity index (χ0n) is 11.5. The van der Waals surface area contributed by atoms with E-state index < -0.39 is 0 Å². The van der Waals surface area contributed by atoms with Crippen LogP contribution in [0.15, 0.2) is 42.5 Å². The van der Waals surface area contributed by atoms with Crippen LogP contribution in [0.4, 0.5) is 4.39 Å². The molecule has 0 spiro atoms. The van der Waals surface area contributed by atoms with Crippen molar-refractivity contribution in [1.29, 1.82) is 0 Å². The maximum Gasteiger partial charge on any atom is 0.130 e. The number of aryl methyl sites for hydroxylation is 1. The Balaban J connectivity index is 1.72. The van der Waals surface area contributed by atoms with Crippen LogP contribution in [0.2, 0.25) is 0 Å². The number of rotatable bonds is 5. The highest BCUT2D eigenvalue weighted by Gasteiger charge is 2.20. The first-order valence-electron chi connectivity index (χ1n) is 6.96. The molecule has 1 aliphatic rings. The molecule has 0 unspecified atom stereocenters. The topological polar surface area (TPSA) is 21.3 Å². The lowest BCUT2D eigenvalue weighted by atomic mass is 10.2. The van der Waals surface area contributed by atoms with Gasteiger partial charge in [-0.1, -0.05) is 17.7 Å². The highest BCUT2D eigenvalue weighted by molar-refractivity contribution is 5.35. The summed E-state index contributed by atoms with van der Waals surface area (Å²) in [7, 11) is 0. The quantitative estimate of drug-likeness (QED) is 0.881. The van der Waals surface area contributed by atoms with Gasteiger partial charge in [0.05, 0.1) is 0 Å². The van der Waals surface area contributed by atoms with Crippen molar-refractivity contribution in [3.05, 3.63) is 59.4 Å². The summed E-state index contributed by atoms with van der Waals surface area (Å²) in [5.74, 6) is 1.01. The van der Waals surface area contributed by atoms with Crippen LogP contribution < -0.4 is 10.1 Å². The molecule has 3 heteroatoms. The fourth-order valence-corrected chi connectivity index (χ4v) is 2.07. The van der Waals surface area contributed by atoms with E-state index in [1.807, 2.05) is 37.3 Å². The SMILES string of the molecule is Cc1ccc(Oc2cc(F)cc(CNC3CC3)c2)cc1. The van der Waals surface area contributed by atoms with Crippen molar-refractivity contribution in [2.75, 3.05) is 0 Å². The molecule has 104 valence electrons. The second kappa shape index (κ2) is 5.63. The highest BCUT2D eigenvalue weighted by atomic mass is 19.1. The smallest absolute Gasteiger partial charge is 0.130 e. The lowest BCUT2D eigenvalue weighted by molar-refractivity contribution is 0.475. The standard InChI is InChI=1S/C17H18FNO/c1-12-2-6-16(7-3-12)20-17-9-13(8-14(18)10-17)11-19-15-4-5-15/h2-3,6-10,15,19H,4-5,11H2,1H3. The third-order valence-electron chi connectivity index (χ3n) is 3.36. The number of benzene rings is 2. The molecule has 2 aromatic rings. The zero-order valence-corrected chi connectivity index (χ0v) is 11.5. The first-order valence-corrected chi connectivity index (χ1v) is 6.96. The van der Waals surface area contributed by atoms with E-state index >= 15 is 0 Å². The average Bonchev–Trinajstić information content (AvgIpc) is 3.23. The minimum Gasteiger partial charge on any atom is -0.457 e. The Labute approximate surface area is 118 Å². The minimum absolute atomic E-state index is 0.262. The van der Waals surface area contributed by atoms with Crippen LogP contribution in [-0.4, -0.2) is 6.04 Å². The maximum absolute atomic E-state index is 13.6. The number of hydrogen-bond acceptors (Lipinski definition) is 2. The van der Waals surface area contributed by atoms with Crippen molar-refractivity contribution in [3.8, 4) is 11.5 Å². The Morgan fingerprint density at radius 2 is 1.85 bits per heavy atom. The highest BCUT2D eigenvalue weighted by Crippen LogP contribution is 2.25. The molecule has 3 rings (SSSR count). The number of halogens is 1. The lowest BCUT2D eigenvalue weighted by Gasteiger charge is -2.09. The molecule has 0 bridgehead atoms. The van der Waals surface area contributed by atoms with Crippen LogP contribution in [0, 0.1) is 12.7 Å². The van der Waals surface area contributed by atoms with Crippen molar-refractivity contribution in [2.45, 2.75) is 32.4 Å². The summed E-state index contributed by atoms with van der Waals surface area (Å²) in [6.45, 7) is 2.71. The van der Waals surface area contributed by atoms with E-state index in [9.17, 15) is 4.39 Å². The van der Waals surface area contributed by atoms with E-state index in [4.69, 9.17) is 4.74 Å². The largest absolute Gasteiger partial charge is 0.457 e. The fraction of sp³-hybridized carbons (Fsp3) is 0.294. The maximum atomic E-state index is 13.6.